The number of nitrogens with zero attached hydrogens (tertiary/aromatic N) is 2. The molecule has 1 heterocycles. The highest BCUT2D eigenvalue weighted by molar-refractivity contribution is 7.89. The van der Waals surface area contributed by atoms with Crippen LogP contribution in [0.2, 0.25) is 0 Å². The van der Waals surface area contributed by atoms with Crippen LogP contribution in [0.4, 0.5) is 0 Å². The summed E-state index contributed by atoms with van der Waals surface area (Å²) < 4.78 is 26.8. The second-order valence-corrected chi connectivity index (χ2v) is 9.94. The fourth-order valence-electron chi connectivity index (χ4n) is 4.16. The average molecular weight is 444 g/mol. The van der Waals surface area contributed by atoms with Crippen molar-refractivity contribution in [2.75, 3.05) is 19.6 Å². The molecule has 1 aliphatic heterocycles. The lowest BCUT2D eigenvalue weighted by Gasteiger charge is -2.25. The second kappa shape index (κ2) is 10.4. The molecular formula is C24H33N3O3S. The highest BCUT2D eigenvalue weighted by Gasteiger charge is 2.31. The lowest BCUT2D eigenvalue weighted by atomic mass is 10.1. The van der Waals surface area contributed by atoms with Gasteiger partial charge in [-0.05, 0) is 49.6 Å². The van der Waals surface area contributed by atoms with Gasteiger partial charge in [0.25, 0.3) is 0 Å². The lowest BCUT2D eigenvalue weighted by molar-refractivity contribution is -0.126. The number of benzene rings is 2. The van der Waals surface area contributed by atoms with E-state index in [0.717, 1.165) is 31.5 Å². The zero-order valence-corrected chi connectivity index (χ0v) is 19.4. The molecule has 2 atom stereocenters. The normalized spacial score (nSPS) is 18.3. The molecule has 31 heavy (non-hydrogen) atoms. The lowest BCUT2D eigenvalue weighted by Crippen LogP contribution is -2.43. The molecule has 0 spiro atoms. The van der Waals surface area contributed by atoms with Gasteiger partial charge in [0.1, 0.15) is 0 Å². The van der Waals surface area contributed by atoms with Crippen LogP contribution >= 0.6 is 0 Å². The first-order valence-corrected chi connectivity index (χ1v) is 12.5. The van der Waals surface area contributed by atoms with Gasteiger partial charge < -0.3 is 5.32 Å². The predicted octanol–water partition coefficient (Wildman–Crippen LogP) is 3.56. The number of likely N-dealkylation sites (tertiary alicyclic amines) is 1. The monoisotopic (exact) mass is 443 g/mol. The van der Waals surface area contributed by atoms with E-state index >= 15 is 0 Å². The van der Waals surface area contributed by atoms with Gasteiger partial charge in [0.05, 0.1) is 17.0 Å². The molecule has 1 aliphatic rings. The largest absolute Gasteiger partial charge is 0.348 e. The Morgan fingerprint density at radius 3 is 2.35 bits per heavy atom. The second-order valence-electron chi connectivity index (χ2n) is 8.00. The molecule has 168 valence electrons. The molecule has 1 amide bonds. The number of amides is 1. The van der Waals surface area contributed by atoms with E-state index in [1.807, 2.05) is 39.0 Å². The molecule has 2 aromatic carbocycles. The number of nitrogens with one attached hydrogen (secondary N) is 1. The van der Waals surface area contributed by atoms with Crippen molar-refractivity contribution in [1.29, 1.82) is 0 Å². The number of rotatable bonds is 9. The van der Waals surface area contributed by atoms with Crippen molar-refractivity contribution >= 4 is 15.9 Å². The Kier molecular flexibility index (Phi) is 7.86. The van der Waals surface area contributed by atoms with Crippen molar-refractivity contribution < 1.29 is 13.2 Å². The first-order valence-electron chi connectivity index (χ1n) is 11.0. The molecule has 1 N–H and O–H groups in total. The van der Waals surface area contributed by atoms with Crippen LogP contribution in [0.25, 0.3) is 0 Å². The van der Waals surface area contributed by atoms with E-state index in [4.69, 9.17) is 0 Å². The van der Waals surface area contributed by atoms with Crippen molar-refractivity contribution in [2.45, 2.75) is 57.1 Å². The topological polar surface area (TPSA) is 69.7 Å². The summed E-state index contributed by atoms with van der Waals surface area (Å²) in [6.07, 6.45) is 1.86. The number of carbonyl (C=O) groups excluding carboxylic acids is 1. The minimum Gasteiger partial charge on any atom is -0.348 e. The number of hydrogen-bond acceptors (Lipinski definition) is 4. The van der Waals surface area contributed by atoms with Crippen molar-refractivity contribution in [1.82, 2.24) is 14.5 Å². The Morgan fingerprint density at radius 2 is 1.74 bits per heavy atom. The Morgan fingerprint density at radius 1 is 1.10 bits per heavy atom. The summed E-state index contributed by atoms with van der Waals surface area (Å²) in [5.41, 5.74) is 2.10. The average Bonchev–Trinajstić information content (AvgIpc) is 3.23. The van der Waals surface area contributed by atoms with Gasteiger partial charge in [-0.15, -0.1) is 0 Å². The molecule has 0 radical (unpaired) electrons. The van der Waals surface area contributed by atoms with Gasteiger partial charge >= 0.3 is 0 Å². The van der Waals surface area contributed by atoms with Gasteiger partial charge in [0.15, 0.2) is 0 Å². The van der Waals surface area contributed by atoms with Gasteiger partial charge in [-0.3, -0.25) is 9.69 Å². The van der Waals surface area contributed by atoms with Gasteiger partial charge in [0, 0.05) is 19.6 Å². The van der Waals surface area contributed by atoms with E-state index in [-0.39, 0.29) is 22.9 Å². The van der Waals surface area contributed by atoms with Crippen LogP contribution in [0.1, 0.15) is 50.8 Å². The van der Waals surface area contributed by atoms with E-state index in [1.165, 1.54) is 9.87 Å². The third-order valence-electron chi connectivity index (χ3n) is 5.98. The molecule has 0 saturated carbocycles. The first-order chi connectivity index (χ1) is 14.9. The maximum absolute atomic E-state index is 13.0. The maximum atomic E-state index is 13.0. The Bertz CT molecular complexity index is 957. The Hall–Kier alpha value is -2.22. The zero-order chi connectivity index (χ0) is 22.4. The fourth-order valence-corrected chi connectivity index (χ4v) is 5.62. The molecule has 2 aromatic rings. The van der Waals surface area contributed by atoms with Crippen LogP contribution in [0.3, 0.4) is 0 Å². The van der Waals surface area contributed by atoms with Crippen molar-refractivity contribution in [3.8, 4) is 0 Å². The molecule has 1 fully saturated rings. The number of hydrogen-bond donors (Lipinski definition) is 1. The summed E-state index contributed by atoms with van der Waals surface area (Å²) in [6.45, 7) is 8.16. The smallest absolute Gasteiger partial charge is 0.243 e. The highest BCUT2D eigenvalue weighted by atomic mass is 32.2. The number of carbonyl (C=O) groups is 1. The third-order valence-corrected chi connectivity index (χ3v) is 8.04. The van der Waals surface area contributed by atoms with Crippen LogP contribution in [0.5, 0.6) is 0 Å². The molecule has 6 nitrogen and oxygen atoms in total. The molecule has 3 rings (SSSR count). The van der Waals surface area contributed by atoms with E-state index < -0.39 is 10.0 Å². The molecule has 2 unspecified atom stereocenters. The van der Waals surface area contributed by atoms with Crippen molar-refractivity contribution in [3.63, 3.8) is 0 Å². The third kappa shape index (κ3) is 5.53. The molecule has 0 aromatic heterocycles. The van der Waals surface area contributed by atoms with E-state index in [9.17, 15) is 13.2 Å². The van der Waals surface area contributed by atoms with Crippen LogP contribution in [-0.4, -0.2) is 49.2 Å². The minimum atomic E-state index is -3.48. The van der Waals surface area contributed by atoms with Gasteiger partial charge in [-0.1, -0.05) is 56.3 Å². The van der Waals surface area contributed by atoms with Crippen molar-refractivity contribution in [3.05, 3.63) is 65.7 Å². The summed E-state index contributed by atoms with van der Waals surface area (Å²) in [7, 11) is -3.48. The zero-order valence-electron chi connectivity index (χ0n) is 18.6. The quantitative estimate of drug-likeness (QED) is 0.643. The van der Waals surface area contributed by atoms with Gasteiger partial charge in [-0.25, -0.2) is 8.42 Å². The van der Waals surface area contributed by atoms with Crippen LogP contribution in [0.15, 0.2) is 59.5 Å². The van der Waals surface area contributed by atoms with E-state index in [2.05, 4.69) is 22.3 Å². The highest BCUT2D eigenvalue weighted by Crippen LogP contribution is 2.23. The van der Waals surface area contributed by atoms with E-state index in [0.29, 0.717) is 13.1 Å². The van der Waals surface area contributed by atoms with Crippen molar-refractivity contribution in [2.24, 2.45) is 0 Å². The Balaban J connectivity index is 1.64. The molecule has 1 saturated heterocycles. The Labute approximate surface area is 186 Å². The minimum absolute atomic E-state index is 0.0285. The molecule has 7 heteroatoms. The summed E-state index contributed by atoms with van der Waals surface area (Å²) in [5.74, 6) is 0.0285. The summed E-state index contributed by atoms with van der Waals surface area (Å²) in [5, 5.41) is 3.12. The standard InChI is InChI=1S/C24H33N3O3S/c1-4-27(5-2)31(29,30)22-15-13-21(14-16-22)19(3)25-24(28)23-12-9-17-26(23)18-20-10-7-6-8-11-20/h6-8,10-11,13-16,19,23H,4-5,9,12,17-18H2,1-3H3,(H,25,28). The first kappa shape index (κ1) is 23.4. The molecule has 0 aliphatic carbocycles. The number of sulfonamides is 1. The van der Waals surface area contributed by atoms with Crippen LogP contribution in [-0.2, 0) is 21.4 Å². The molecular weight excluding hydrogens is 410 g/mol. The summed E-state index contributed by atoms with van der Waals surface area (Å²) >= 11 is 0. The predicted molar refractivity (Wildman–Crippen MR) is 123 cm³/mol. The SMILES string of the molecule is CCN(CC)S(=O)(=O)c1ccc(C(C)NC(=O)C2CCCN2Cc2ccccc2)cc1. The summed E-state index contributed by atoms with van der Waals surface area (Å²) in [6, 6.07) is 16.7. The van der Waals surface area contributed by atoms with Crippen LogP contribution < -0.4 is 5.32 Å². The molecule has 0 bridgehead atoms. The maximum Gasteiger partial charge on any atom is 0.243 e. The van der Waals surface area contributed by atoms with Gasteiger partial charge in [0.2, 0.25) is 15.9 Å². The van der Waals surface area contributed by atoms with Gasteiger partial charge in [-0.2, -0.15) is 4.31 Å². The van der Waals surface area contributed by atoms with E-state index in [1.54, 1.807) is 24.3 Å². The van der Waals surface area contributed by atoms with Crippen LogP contribution in [0, 0.1) is 0 Å². The fraction of sp³-hybridized carbons (Fsp3) is 0.458. The summed E-state index contributed by atoms with van der Waals surface area (Å²) in [4.78, 5) is 15.5.